The van der Waals surface area contributed by atoms with Gasteiger partial charge in [0.2, 0.25) is 5.91 Å². The maximum atomic E-state index is 12.8. The molecule has 7 heteroatoms. The Bertz CT molecular complexity index is 1060. The van der Waals surface area contributed by atoms with Crippen molar-refractivity contribution in [3.8, 4) is 11.4 Å². The highest BCUT2D eigenvalue weighted by molar-refractivity contribution is 6.42. The number of rotatable bonds is 2. The van der Waals surface area contributed by atoms with E-state index in [2.05, 4.69) is 15.3 Å². The molecule has 130 valence electrons. The molecule has 2 heterocycles. The highest BCUT2D eigenvalue weighted by Gasteiger charge is 2.31. The van der Waals surface area contributed by atoms with Gasteiger partial charge in [0.15, 0.2) is 0 Å². The molecule has 0 aliphatic carbocycles. The first-order valence-electron chi connectivity index (χ1n) is 7.97. The number of fused-ring (bicyclic) bond motifs is 1. The summed E-state index contributed by atoms with van der Waals surface area (Å²) in [6.07, 6.45) is 0.139. The second-order valence-electron chi connectivity index (χ2n) is 6.02. The number of amides is 1. The summed E-state index contributed by atoms with van der Waals surface area (Å²) in [7, 11) is 0. The van der Waals surface area contributed by atoms with Crippen LogP contribution in [0.5, 0.6) is 0 Å². The van der Waals surface area contributed by atoms with Gasteiger partial charge in [-0.1, -0.05) is 59.6 Å². The normalized spacial score (nSPS) is 16.1. The van der Waals surface area contributed by atoms with E-state index in [1.54, 1.807) is 18.2 Å². The van der Waals surface area contributed by atoms with Gasteiger partial charge in [-0.25, -0.2) is 4.98 Å². The first-order chi connectivity index (χ1) is 12.5. The Balaban J connectivity index is 1.86. The number of hydrogen-bond acceptors (Lipinski definition) is 3. The molecule has 1 aromatic heterocycles. The van der Waals surface area contributed by atoms with Gasteiger partial charge in [-0.15, -0.1) is 0 Å². The first kappa shape index (κ1) is 16.8. The second-order valence-corrected chi connectivity index (χ2v) is 6.84. The van der Waals surface area contributed by atoms with Crippen molar-refractivity contribution >= 4 is 34.9 Å². The van der Waals surface area contributed by atoms with Crippen LogP contribution in [0.3, 0.4) is 0 Å². The molecule has 0 saturated carbocycles. The van der Waals surface area contributed by atoms with E-state index in [0.717, 1.165) is 11.1 Å². The van der Waals surface area contributed by atoms with E-state index in [0.29, 0.717) is 21.4 Å². The number of carbonyl (C=O) groups excluding carboxylic acids is 1. The second kappa shape index (κ2) is 6.59. The lowest BCUT2D eigenvalue weighted by atomic mass is 9.87. The van der Waals surface area contributed by atoms with Crippen LogP contribution in [-0.2, 0) is 4.79 Å². The Labute approximate surface area is 159 Å². The fraction of sp³-hybridized carbons (Fsp3) is 0.105. The molecular formula is C19H13Cl2N3O2. The number of H-pyrrole nitrogens is 1. The number of anilines is 1. The van der Waals surface area contributed by atoms with Gasteiger partial charge in [0.05, 0.1) is 15.6 Å². The molecule has 4 rings (SSSR count). The third-order valence-corrected chi connectivity index (χ3v) is 5.08. The maximum Gasteiger partial charge on any atom is 0.257 e. The van der Waals surface area contributed by atoms with Gasteiger partial charge in [-0.2, -0.15) is 0 Å². The van der Waals surface area contributed by atoms with Crippen molar-refractivity contribution in [2.45, 2.75) is 12.3 Å². The largest absolute Gasteiger partial charge is 0.310 e. The summed E-state index contributed by atoms with van der Waals surface area (Å²) in [4.78, 5) is 32.3. The minimum Gasteiger partial charge on any atom is -0.310 e. The van der Waals surface area contributed by atoms with Crippen LogP contribution in [-0.4, -0.2) is 15.9 Å². The number of hydrogen-bond donors (Lipinski definition) is 2. The summed E-state index contributed by atoms with van der Waals surface area (Å²) in [6.45, 7) is 0. The summed E-state index contributed by atoms with van der Waals surface area (Å²) in [5.41, 5.74) is 1.64. The fourth-order valence-electron chi connectivity index (χ4n) is 3.12. The third kappa shape index (κ3) is 3.00. The van der Waals surface area contributed by atoms with Gasteiger partial charge >= 0.3 is 0 Å². The monoisotopic (exact) mass is 385 g/mol. The van der Waals surface area contributed by atoms with E-state index >= 15 is 0 Å². The van der Waals surface area contributed by atoms with Crippen LogP contribution in [0.2, 0.25) is 10.0 Å². The van der Waals surface area contributed by atoms with Crippen LogP contribution in [0.1, 0.15) is 23.5 Å². The lowest BCUT2D eigenvalue weighted by Gasteiger charge is -2.24. The molecule has 2 aromatic carbocycles. The van der Waals surface area contributed by atoms with Crippen molar-refractivity contribution < 1.29 is 4.79 Å². The summed E-state index contributed by atoms with van der Waals surface area (Å²) in [5, 5.41) is 3.50. The number of nitrogens with one attached hydrogen (secondary N) is 2. The minimum atomic E-state index is -0.436. The van der Waals surface area contributed by atoms with E-state index in [-0.39, 0.29) is 23.7 Å². The fourth-order valence-corrected chi connectivity index (χ4v) is 3.42. The maximum absolute atomic E-state index is 12.8. The van der Waals surface area contributed by atoms with Gasteiger partial charge in [0.25, 0.3) is 5.56 Å². The van der Waals surface area contributed by atoms with E-state index in [9.17, 15) is 9.59 Å². The lowest BCUT2D eigenvalue weighted by Crippen LogP contribution is -2.31. The van der Waals surface area contributed by atoms with E-state index in [1.165, 1.54) is 0 Å². The Morgan fingerprint density at radius 1 is 1.00 bits per heavy atom. The molecule has 3 aromatic rings. The van der Waals surface area contributed by atoms with Crippen molar-refractivity contribution in [1.29, 1.82) is 0 Å². The Morgan fingerprint density at radius 2 is 1.77 bits per heavy atom. The molecule has 1 atom stereocenters. The zero-order chi connectivity index (χ0) is 18.3. The molecule has 0 fully saturated rings. The van der Waals surface area contributed by atoms with Crippen molar-refractivity contribution in [2.24, 2.45) is 0 Å². The number of halogens is 2. The average Bonchev–Trinajstić information content (AvgIpc) is 2.63. The predicted molar refractivity (Wildman–Crippen MR) is 102 cm³/mol. The Kier molecular flexibility index (Phi) is 4.26. The van der Waals surface area contributed by atoms with Crippen LogP contribution >= 0.6 is 23.2 Å². The van der Waals surface area contributed by atoms with E-state index in [1.807, 2.05) is 30.3 Å². The highest BCUT2D eigenvalue weighted by Crippen LogP contribution is 2.36. The predicted octanol–water partition coefficient (Wildman–Crippen LogP) is 4.22. The number of benzene rings is 2. The van der Waals surface area contributed by atoms with Crippen molar-refractivity contribution in [2.75, 3.05) is 5.32 Å². The van der Waals surface area contributed by atoms with Gasteiger partial charge in [-0.05, 0) is 17.7 Å². The molecule has 0 unspecified atom stereocenters. The van der Waals surface area contributed by atoms with Gasteiger partial charge in [-0.3, -0.25) is 9.59 Å². The first-order valence-corrected chi connectivity index (χ1v) is 8.73. The van der Waals surface area contributed by atoms with Gasteiger partial charge < -0.3 is 10.3 Å². The topological polar surface area (TPSA) is 74.8 Å². The van der Waals surface area contributed by atoms with Crippen LogP contribution in [0.4, 0.5) is 5.82 Å². The number of carbonyl (C=O) groups is 1. The molecule has 1 aliphatic rings. The highest BCUT2D eigenvalue weighted by atomic mass is 35.5. The summed E-state index contributed by atoms with van der Waals surface area (Å²) < 4.78 is 0. The van der Waals surface area contributed by atoms with Gasteiger partial charge in [0.1, 0.15) is 11.6 Å². The molecule has 26 heavy (non-hydrogen) atoms. The lowest BCUT2D eigenvalue weighted by molar-refractivity contribution is -0.116. The molecule has 2 N–H and O–H groups in total. The summed E-state index contributed by atoms with van der Waals surface area (Å²) >= 11 is 12.1. The quantitative estimate of drug-likeness (QED) is 0.693. The van der Waals surface area contributed by atoms with E-state index < -0.39 is 5.92 Å². The molecule has 0 saturated heterocycles. The summed E-state index contributed by atoms with van der Waals surface area (Å²) in [5.74, 6) is 0.0460. The minimum absolute atomic E-state index is 0.139. The van der Waals surface area contributed by atoms with Crippen molar-refractivity contribution in [1.82, 2.24) is 9.97 Å². The van der Waals surface area contributed by atoms with Crippen LogP contribution < -0.4 is 10.9 Å². The molecule has 0 radical (unpaired) electrons. The standard InChI is InChI=1S/C19H13Cl2N3O2/c20-13-7-6-11(8-14(13)21)12-9-15(25)22-18-16(12)19(26)24-17(23-18)10-4-2-1-3-5-10/h1-8,12H,9H2,(H2,22,23,24,25,26)/t12-/m0/s1. The van der Waals surface area contributed by atoms with Crippen molar-refractivity contribution in [3.63, 3.8) is 0 Å². The van der Waals surface area contributed by atoms with Crippen molar-refractivity contribution in [3.05, 3.63) is 80.1 Å². The van der Waals surface area contributed by atoms with Crippen LogP contribution in [0.25, 0.3) is 11.4 Å². The SMILES string of the molecule is O=C1C[C@@H](c2ccc(Cl)c(Cl)c2)c2c(nc(-c3ccccc3)[nH]c2=O)N1. The molecule has 0 bridgehead atoms. The Morgan fingerprint density at radius 3 is 2.50 bits per heavy atom. The van der Waals surface area contributed by atoms with Gasteiger partial charge in [0, 0.05) is 17.9 Å². The van der Waals surface area contributed by atoms with Crippen LogP contribution in [0, 0.1) is 0 Å². The van der Waals surface area contributed by atoms with Crippen LogP contribution in [0.15, 0.2) is 53.3 Å². The molecule has 1 amide bonds. The number of aromatic amines is 1. The zero-order valence-corrected chi connectivity index (χ0v) is 14.9. The average molecular weight is 386 g/mol. The molecule has 5 nitrogen and oxygen atoms in total. The Hall–Kier alpha value is -2.63. The smallest absolute Gasteiger partial charge is 0.257 e. The molecule has 0 spiro atoms. The molecular weight excluding hydrogens is 373 g/mol. The van der Waals surface area contributed by atoms with E-state index in [4.69, 9.17) is 23.2 Å². The number of nitrogens with zero attached hydrogens (tertiary/aromatic N) is 1. The molecule has 1 aliphatic heterocycles. The third-order valence-electron chi connectivity index (χ3n) is 4.34. The zero-order valence-electron chi connectivity index (χ0n) is 13.4. The number of aromatic nitrogens is 2. The summed E-state index contributed by atoms with van der Waals surface area (Å²) in [6, 6.07) is 14.4.